The van der Waals surface area contributed by atoms with Gasteiger partial charge in [-0.15, -0.1) is 0 Å². The standard InChI is InChI=1S/C20H24N2O2/c1-21-13-12-16(14-21)15-22(2)20(23)17-8-10-19(11-9-17)24-18-6-4-3-5-7-18/h3-11,16H,12-15H2,1-2H3. The Hall–Kier alpha value is -2.33. The van der Waals surface area contributed by atoms with Crippen LogP contribution in [0.1, 0.15) is 16.8 Å². The van der Waals surface area contributed by atoms with Crippen molar-refractivity contribution in [2.75, 3.05) is 33.7 Å². The number of hydrogen-bond acceptors (Lipinski definition) is 3. The van der Waals surface area contributed by atoms with Crippen molar-refractivity contribution < 1.29 is 9.53 Å². The topological polar surface area (TPSA) is 32.8 Å². The molecule has 0 radical (unpaired) electrons. The van der Waals surface area contributed by atoms with Crippen LogP contribution in [0.5, 0.6) is 11.5 Å². The monoisotopic (exact) mass is 324 g/mol. The molecule has 4 nitrogen and oxygen atoms in total. The molecule has 2 aromatic rings. The van der Waals surface area contributed by atoms with Crippen LogP contribution >= 0.6 is 0 Å². The van der Waals surface area contributed by atoms with E-state index in [4.69, 9.17) is 4.74 Å². The summed E-state index contributed by atoms with van der Waals surface area (Å²) in [6, 6.07) is 17.0. The molecule has 1 saturated heterocycles. The number of benzene rings is 2. The van der Waals surface area contributed by atoms with Crippen molar-refractivity contribution in [1.82, 2.24) is 9.80 Å². The van der Waals surface area contributed by atoms with Gasteiger partial charge in [0.25, 0.3) is 5.91 Å². The van der Waals surface area contributed by atoms with Crippen LogP contribution in [-0.2, 0) is 0 Å². The Labute approximate surface area is 143 Å². The van der Waals surface area contributed by atoms with Crippen LogP contribution in [0.15, 0.2) is 54.6 Å². The van der Waals surface area contributed by atoms with Crippen molar-refractivity contribution in [2.24, 2.45) is 5.92 Å². The lowest BCUT2D eigenvalue weighted by atomic mass is 10.1. The smallest absolute Gasteiger partial charge is 0.253 e. The Morgan fingerprint density at radius 1 is 1.12 bits per heavy atom. The molecule has 0 aromatic heterocycles. The van der Waals surface area contributed by atoms with E-state index in [1.54, 1.807) is 0 Å². The van der Waals surface area contributed by atoms with Gasteiger partial charge < -0.3 is 14.5 Å². The van der Waals surface area contributed by atoms with Gasteiger partial charge in [0.05, 0.1) is 0 Å². The molecule has 1 aliphatic heterocycles. The molecule has 0 N–H and O–H groups in total. The molecule has 0 bridgehead atoms. The van der Waals surface area contributed by atoms with E-state index in [-0.39, 0.29) is 5.91 Å². The molecule has 0 aliphatic carbocycles. The van der Waals surface area contributed by atoms with Gasteiger partial charge in [-0.25, -0.2) is 0 Å². The zero-order valence-corrected chi connectivity index (χ0v) is 14.3. The number of amides is 1. The first-order valence-electron chi connectivity index (χ1n) is 8.39. The third-order valence-electron chi connectivity index (χ3n) is 4.45. The van der Waals surface area contributed by atoms with Crippen molar-refractivity contribution in [2.45, 2.75) is 6.42 Å². The van der Waals surface area contributed by atoms with Crippen LogP contribution in [0.2, 0.25) is 0 Å². The molecule has 0 saturated carbocycles. The fourth-order valence-corrected chi connectivity index (χ4v) is 3.16. The van der Waals surface area contributed by atoms with Crippen molar-refractivity contribution >= 4 is 5.91 Å². The minimum atomic E-state index is 0.0656. The molecular formula is C20H24N2O2. The average molecular weight is 324 g/mol. The molecule has 2 aromatic carbocycles. The normalized spacial score (nSPS) is 17.7. The van der Waals surface area contributed by atoms with Gasteiger partial charge in [-0.1, -0.05) is 18.2 Å². The predicted octanol–water partition coefficient (Wildman–Crippen LogP) is 3.50. The summed E-state index contributed by atoms with van der Waals surface area (Å²) in [6.45, 7) is 3.01. The molecule has 0 spiro atoms. The Bertz CT molecular complexity index is 670. The Morgan fingerprint density at radius 2 is 1.79 bits per heavy atom. The van der Waals surface area contributed by atoms with Gasteiger partial charge in [0.15, 0.2) is 0 Å². The number of ether oxygens (including phenoxy) is 1. The second-order valence-electron chi connectivity index (χ2n) is 6.54. The number of likely N-dealkylation sites (tertiary alicyclic amines) is 1. The van der Waals surface area contributed by atoms with E-state index in [9.17, 15) is 4.79 Å². The molecule has 1 atom stereocenters. The Morgan fingerprint density at radius 3 is 2.42 bits per heavy atom. The van der Waals surface area contributed by atoms with Crippen molar-refractivity contribution in [3.63, 3.8) is 0 Å². The Balaban J connectivity index is 1.59. The van der Waals surface area contributed by atoms with E-state index in [1.165, 1.54) is 0 Å². The summed E-state index contributed by atoms with van der Waals surface area (Å²) in [5.74, 6) is 2.16. The first-order valence-corrected chi connectivity index (χ1v) is 8.39. The molecule has 3 rings (SSSR count). The highest BCUT2D eigenvalue weighted by molar-refractivity contribution is 5.94. The summed E-state index contributed by atoms with van der Waals surface area (Å²) >= 11 is 0. The van der Waals surface area contributed by atoms with Gasteiger partial charge >= 0.3 is 0 Å². The fraction of sp³-hybridized carbons (Fsp3) is 0.350. The number of carbonyl (C=O) groups is 1. The number of para-hydroxylation sites is 1. The van der Waals surface area contributed by atoms with E-state index in [2.05, 4.69) is 11.9 Å². The maximum absolute atomic E-state index is 12.6. The minimum absolute atomic E-state index is 0.0656. The second-order valence-corrected chi connectivity index (χ2v) is 6.54. The van der Waals surface area contributed by atoms with Crippen molar-refractivity contribution in [1.29, 1.82) is 0 Å². The summed E-state index contributed by atoms with van der Waals surface area (Å²) in [7, 11) is 4.02. The lowest BCUT2D eigenvalue weighted by Gasteiger charge is -2.21. The quantitative estimate of drug-likeness (QED) is 0.844. The molecule has 24 heavy (non-hydrogen) atoms. The van der Waals surface area contributed by atoms with Gasteiger partial charge in [0, 0.05) is 25.7 Å². The lowest BCUT2D eigenvalue weighted by molar-refractivity contribution is 0.0774. The SMILES string of the molecule is CN1CCC(CN(C)C(=O)c2ccc(Oc3ccccc3)cc2)C1. The number of carbonyl (C=O) groups excluding carboxylic acids is 1. The van der Waals surface area contributed by atoms with Crippen LogP contribution in [0, 0.1) is 5.92 Å². The molecule has 1 fully saturated rings. The first-order chi connectivity index (χ1) is 11.6. The molecule has 1 amide bonds. The second kappa shape index (κ2) is 7.49. The van der Waals surface area contributed by atoms with E-state index < -0.39 is 0 Å². The number of nitrogens with zero attached hydrogens (tertiary/aromatic N) is 2. The van der Waals surface area contributed by atoms with E-state index in [0.29, 0.717) is 11.5 Å². The largest absolute Gasteiger partial charge is 0.457 e. The van der Waals surface area contributed by atoms with E-state index >= 15 is 0 Å². The highest BCUT2D eigenvalue weighted by Gasteiger charge is 2.23. The van der Waals surface area contributed by atoms with E-state index in [0.717, 1.165) is 37.6 Å². The summed E-state index contributed by atoms with van der Waals surface area (Å²) in [5.41, 5.74) is 0.698. The molecule has 1 unspecified atom stereocenters. The van der Waals surface area contributed by atoms with Crippen LogP contribution < -0.4 is 4.74 Å². The van der Waals surface area contributed by atoms with Crippen LogP contribution in [0.3, 0.4) is 0 Å². The van der Waals surface area contributed by atoms with Gasteiger partial charge in [-0.3, -0.25) is 4.79 Å². The molecule has 126 valence electrons. The fourth-order valence-electron chi connectivity index (χ4n) is 3.16. The van der Waals surface area contributed by atoms with Gasteiger partial charge in [-0.05, 0) is 62.3 Å². The summed E-state index contributed by atoms with van der Waals surface area (Å²) < 4.78 is 5.76. The van der Waals surface area contributed by atoms with Crippen LogP contribution in [-0.4, -0.2) is 49.4 Å². The van der Waals surface area contributed by atoms with Gasteiger partial charge in [0.1, 0.15) is 11.5 Å². The van der Waals surface area contributed by atoms with Crippen LogP contribution in [0.4, 0.5) is 0 Å². The maximum Gasteiger partial charge on any atom is 0.253 e. The average Bonchev–Trinajstić information content (AvgIpc) is 3.00. The summed E-state index contributed by atoms with van der Waals surface area (Å²) in [6.07, 6.45) is 1.16. The van der Waals surface area contributed by atoms with E-state index in [1.807, 2.05) is 66.5 Å². The molecule has 4 heteroatoms. The third kappa shape index (κ3) is 4.15. The highest BCUT2D eigenvalue weighted by atomic mass is 16.5. The first kappa shape index (κ1) is 16.5. The predicted molar refractivity (Wildman–Crippen MR) is 95.5 cm³/mol. The summed E-state index contributed by atoms with van der Waals surface area (Å²) in [4.78, 5) is 16.7. The van der Waals surface area contributed by atoms with Crippen LogP contribution in [0.25, 0.3) is 0 Å². The van der Waals surface area contributed by atoms with Crippen molar-refractivity contribution in [3.05, 3.63) is 60.2 Å². The molecule has 1 heterocycles. The highest BCUT2D eigenvalue weighted by Crippen LogP contribution is 2.22. The third-order valence-corrected chi connectivity index (χ3v) is 4.45. The van der Waals surface area contributed by atoms with Gasteiger partial charge in [-0.2, -0.15) is 0 Å². The molecule has 1 aliphatic rings. The number of hydrogen-bond donors (Lipinski definition) is 0. The lowest BCUT2D eigenvalue weighted by Crippen LogP contribution is -2.32. The zero-order chi connectivity index (χ0) is 16.9. The Kier molecular flexibility index (Phi) is 5.16. The number of rotatable bonds is 5. The zero-order valence-electron chi connectivity index (χ0n) is 14.3. The molecular weight excluding hydrogens is 300 g/mol. The minimum Gasteiger partial charge on any atom is -0.457 e. The van der Waals surface area contributed by atoms with Gasteiger partial charge in [0.2, 0.25) is 0 Å². The van der Waals surface area contributed by atoms with Crippen molar-refractivity contribution in [3.8, 4) is 11.5 Å². The maximum atomic E-state index is 12.6. The summed E-state index contributed by atoms with van der Waals surface area (Å²) in [5, 5.41) is 0.